The number of aromatic nitrogens is 3. The SMILES string of the molecule is Nc1nc(Cl)nc(N2CC(CS(N)(=O)=O)CC2=O)n1. The molecule has 4 N–H and O–H groups in total. The van der Waals surface area contributed by atoms with Crippen molar-refractivity contribution in [2.24, 2.45) is 11.1 Å². The Morgan fingerprint density at radius 1 is 1.37 bits per heavy atom. The molecule has 1 unspecified atom stereocenters. The zero-order chi connectivity index (χ0) is 14.2. The molecule has 2 heterocycles. The van der Waals surface area contributed by atoms with E-state index in [9.17, 15) is 13.2 Å². The Morgan fingerprint density at radius 3 is 2.63 bits per heavy atom. The molecular weight excluding hydrogens is 296 g/mol. The van der Waals surface area contributed by atoms with Crippen molar-refractivity contribution in [1.82, 2.24) is 15.0 Å². The summed E-state index contributed by atoms with van der Waals surface area (Å²) in [7, 11) is -3.64. The van der Waals surface area contributed by atoms with Crippen molar-refractivity contribution in [3.63, 3.8) is 0 Å². The molecule has 1 fully saturated rings. The normalized spacial score (nSPS) is 20.0. The number of anilines is 2. The molecule has 1 aliphatic rings. The maximum atomic E-state index is 11.8. The van der Waals surface area contributed by atoms with Crippen LogP contribution in [-0.4, -0.2) is 41.6 Å². The lowest BCUT2D eigenvalue weighted by atomic mass is 10.1. The van der Waals surface area contributed by atoms with Gasteiger partial charge in [-0.2, -0.15) is 15.0 Å². The van der Waals surface area contributed by atoms with E-state index < -0.39 is 15.9 Å². The predicted octanol–water partition coefficient (Wildman–Crippen LogP) is -1.25. The van der Waals surface area contributed by atoms with Gasteiger partial charge in [0.25, 0.3) is 0 Å². The van der Waals surface area contributed by atoms with Crippen LogP contribution in [-0.2, 0) is 14.8 Å². The second kappa shape index (κ2) is 4.87. The van der Waals surface area contributed by atoms with Crippen LogP contribution in [0.4, 0.5) is 11.9 Å². The number of nitrogens with zero attached hydrogens (tertiary/aromatic N) is 4. The van der Waals surface area contributed by atoms with Crippen LogP contribution in [0.5, 0.6) is 0 Å². The van der Waals surface area contributed by atoms with Gasteiger partial charge in [0.2, 0.25) is 33.1 Å². The van der Waals surface area contributed by atoms with Gasteiger partial charge in [0.05, 0.1) is 5.75 Å². The molecule has 0 aliphatic carbocycles. The standard InChI is InChI=1S/C8H11ClN6O3S/c9-6-12-7(10)14-8(13-6)15-2-4(1-5(15)16)3-19(11,17)18/h4H,1-3H2,(H2,11,17,18)(H2,10,12,13,14). The molecule has 1 saturated heterocycles. The number of primary sulfonamides is 1. The summed E-state index contributed by atoms with van der Waals surface area (Å²) < 4.78 is 22.0. The minimum absolute atomic E-state index is 0.0134. The van der Waals surface area contributed by atoms with E-state index in [-0.39, 0.29) is 41.8 Å². The summed E-state index contributed by atoms with van der Waals surface area (Å²) in [6, 6.07) is 0. The molecule has 11 heteroatoms. The Morgan fingerprint density at radius 2 is 2.05 bits per heavy atom. The van der Waals surface area contributed by atoms with Gasteiger partial charge in [0.15, 0.2) is 0 Å². The van der Waals surface area contributed by atoms with Gasteiger partial charge >= 0.3 is 0 Å². The van der Waals surface area contributed by atoms with Gasteiger partial charge in [-0.05, 0) is 11.6 Å². The van der Waals surface area contributed by atoms with E-state index in [1.807, 2.05) is 0 Å². The van der Waals surface area contributed by atoms with Crippen LogP contribution in [0.25, 0.3) is 0 Å². The minimum Gasteiger partial charge on any atom is -0.368 e. The molecule has 2 rings (SSSR count). The fourth-order valence-electron chi connectivity index (χ4n) is 1.89. The lowest BCUT2D eigenvalue weighted by Gasteiger charge is -2.14. The number of rotatable bonds is 3. The van der Waals surface area contributed by atoms with Crippen LogP contribution in [0.1, 0.15) is 6.42 Å². The van der Waals surface area contributed by atoms with Gasteiger partial charge in [0, 0.05) is 18.9 Å². The highest BCUT2D eigenvalue weighted by atomic mass is 35.5. The van der Waals surface area contributed by atoms with Crippen molar-refractivity contribution >= 4 is 39.4 Å². The highest BCUT2D eigenvalue weighted by molar-refractivity contribution is 7.89. The molecule has 1 aliphatic heterocycles. The van der Waals surface area contributed by atoms with Crippen LogP contribution in [0.2, 0.25) is 5.28 Å². The summed E-state index contributed by atoms with van der Waals surface area (Å²) >= 11 is 5.62. The number of halogens is 1. The topological polar surface area (TPSA) is 145 Å². The summed E-state index contributed by atoms with van der Waals surface area (Å²) in [5, 5.41) is 4.82. The van der Waals surface area contributed by atoms with Crippen molar-refractivity contribution in [1.29, 1.82) is 0 Å². The maximum absolute atomic E-state index is 11.8. The van der Waals surface area contributed by atoms with E-state index in [4.69, 9.17) is 22.5 Å². The Balaban J connectivity index is 2.20. The zero-order valence-electron chi connectivity index (χ0n) is 9.65. The first-order chi connectivity index (χ1) is 8.74. The van der Waals surface area contributed by atoms with Gasteiger partial charge in [-0.25, -0.2) is 13.6 Å². The molecule has 19 heavy (non-hydrogen) atoms. The molecule has 0 radical (unpaired) electrons. The van der Waals surface area contributed by atoms with Crippen molar-refractivity contribution < 1.29 is 13.2 Å². The summed E-state index contributed by atoms with van der Waals surface area (Å²) in [5.74, 6) is -1.09. The van der Waals surface area contributed by atoms with Gasteiger partial charge in [-0.3, -0.25) is 9.69 Å². The summed E-state index contributed by atoms with van der Waals surface area (Å²) in [4.78, 5) is 24.2. The van der Waals surface area contributed by atoms with Crippen LogP contribution in [0.15, 0.2) is 0 Å². The number of nitrogen functional groups attached to an aromatic ring is 1. The number of sulfonamides is 1. The monoisotopic (exact) mass is 306 g/mol. The number of carbonyl (C=O) groups is 1. The first kappa shape index (κ1) is 13.9. The molecule has 104 valence electrons. The smallest absolute Gasteiger partial charge is 0.238 e. The Labute approximate surface area is 114 Å². The second-order valence-corrected chi connectivity index (χ2v) is 6.16. The molecule has 0 aromatic carbocycles. The van der Waals surface area contributed by atoms with E-state index in [1.165, 1.54) is 4.90 Å². The van der Waals surface area contributed by atoms with Crippen LogP contribution in [0.3, 0.4) is 0 Å². The number of hydrogen-bond acceptors (Lipinski definition) is 7. The number of nitrogens with two attached hydrogens (primary N) is 2. The third kappa shape index (κ3) is 3.49. The maximum Gasteiger partial charge on any atom is 0.238 e. The van der Waals surface area contributed by atoms with E-state index in [1.54, 1.807) is 0 Å². The van der Waals surface area contributed by atoms with E-state index in [0.29, 0.717) is 0 Å². The molecule has 1 atom stereocenters. The highest BCUT2D eigenvalue weighted by Crippen LogP contribution is 2.23. The van der Waals surface area contributed by atoms with Gasteiger partial charge in [-0.1, -0.05) is 0 Å². The second-order valence-electron chi connectivity index (χ2n) is 4.17. The largest absolute Gasteiger partial charge is 0.368 e. The van der Waals surface area contributed by atoms with E-state index >= 15 is 0 Å². The molecule has 0 saturated carbocycles. The number of carbonyl (C=O) groups excluding carboxylic acids is 1. The lowest BCUT2D eigenvalue weighted by molar-refractivity contribution is -0.117. The molecule has 9 nitrogen and oxygen atoms in total. The molecule has 0 bridgehead atoms. The van der Waals surface area contributed by atoms with Gasteiger partial charge in [-0.15, -0.1) is 0 Å². The van der Waals surface area contributed by atoms with Gasteiger partial charge < -0.3 is 5.73 Å². The predicted molar refractivity (Wildman–Crippen MR) is 67.7 cm³/mol. The third-order valence-corrected chi connectivity index (χ3v) is 3.63. The lowest BCUT2D eigenvalue weighted by Crippen LogP contribution is -2.29. The third-order valence-electron chi connectivity index (χ3n) is 2.53. The quantitative estimate of drug-likeness (QED) is 0.709. The fraction of sp³-hybridized carbons (Fsp3) is 0.500. The molecule has 1 aromatic rings. The van der Waals surface area contributed by atoms with Crippen LogP contribution in [0, 0.1) is 5.92 Å². The summed E-state index contributed by atoms with van der Waals surface area (Å²) in [6.45, 7) is 0.148. The van der Waals surface area contributed by atoms with Crippen molar-refractivity contribution in [3.8, 4) is 0 Å². The average molecular weight is 307 g/mol. The Kier molecular flexibility index (Phi) is 3.56. The summed E-state index contributed by atoms with van der Waals surface area (Å²) in [5.41, 5.74) is 5.41. The van der Waals surface area contributed by atoms with E-state index in [0.717, 1.165) is 0 Å². The number of hydrogen-bond donors (Lipinski definition) is 2. The molecule has 1 amide bonds. The molecule has 1 aromatic heterocycles. The van der Waals surface area contributed by atoms with Gasteiger partial charge in [0.1, 0.15) is 0 Å². The average Bonchev–Trinajstić information content (AvgIpc) is 2.54. The minimum atomic E-state index is -3.64. The van der Waals surface area contributed by atoms with Crippen LogP contribution < -0.4 is 15.8 Å². The van der Waals surface area contributed by atoms with Crippen LogP contribution >= 0.6 is 11.6 Å². The van der Waals surface area contributed by atoms with E-state index in [2.05, 4.69) is 15.0 Å². The first-order valence-corrected chi connectivity index (χ1v) is 7.32. The van der Waals surface area contributed by atoms with Crippen molar-refractivity contribution in [2.45, 2.75) is 6.42 Å². The molecule has 0 spiro atoms. The molecular formula is C8H11ClN6O3S. The fourth-order valence-corrected chi connectivity index (χ4v) is 2.93. The Bertz CT molecular complexity index is 601. The van der Waals surface area contributed by atoms with Crippen molar-refractivity contribution in [2.75, 3.05) is 22.9 Å². The zero-order valence-corrected chi connectivity index (χ0v) is 11.2. The van der Waals surface area contributed by atoms with Crippen molar-refractivity contribution in [3.05, 3.63) is 5.28 Å². The number of amides is 1. The first-order valence-electron chi connectivity index (χ1n) is 5.22. The summed E-state index contributed by atoms with van der Waals surface area (Å²) in [6.07, 6.45) is 0.0552. The Hall–Kier alpha value is -1.52. The highest BCUT2D eigenvalue weighted by Gasteiger charge is 2.34.